The van der Waals surface area contributed by atoms with Crippen LogP contribution in [0.2, 0.25) is 15.1 Å². The molecule has 0 aliphatic carbocycles. The van der Waals surface area contributed by atoms with Gasteiger partial charge in [0.2, 0.25) is 0 Å². The van der Waals surface area contributed by atoms with Gasteiger partial charge < -0.3 is 19.6 Å². The van der Waals surface area contributed by atoms with E-state index in [4.69, 9.17) is 49.0 Å². The Morgan fingerprint density at radius 1 is 0.871 bits per heavy atom. The van der Waals surface area contributed by atoms with Crippen molar-refractivity contribution in [3.8, 4) is 17.2 Å². The highest BCUT2D eigenvalue weighted by atomic mass is 35.5. The number of benzene rings is 3. The number of hydrogen-bond acceptors (Lipinski definition) is 5. The second-order valence-corrected chi connectivity index (χ2v) is 7.71. The van der Waals surface area contributed by atoms with Crippen LogP contribution in [-0.2, 0) is 13.2 Å². The molecule has 0 spiro atoms. The first-order valence-electron chi connectivity index (χ1n) is 9.34. The monoisotopic (exact) mass is 478 g/mol. The smallest absolute Gasteiger partial charge is 0.180 e. The fourth-order valence-corrected chi connectivity index (χ4v) is 3.58. The Morgan fingerprint density at radius 2 is 1.65 bits per heavy atom. The van der Waals surface area contributed by atoms with Gasteiger partial charge in [-0.3, -0.25) is 0 Å². The lowest BCUT2D eigenvalue weighted by Crippen LogP contribution is -2.07. The summed E-state index contributed by atoms with van der Waals surface area (Å²) < 4.78 is 16.7. The molecule has 3 rings (SSSR count). The number of nitrogens with one attached hydrogen (secondary N) is 1. The quantitative estimate of drug-likeness (QED) is 0.286. The number of para-hydroxylation sites is 1. The van der Waals surface area contributed by atoms with Crippen molar-refractivity contribution in [1.82, 2.24) is 5.43 Å². The maximum atomic E-state index is 6.44. The molecule has 0 radical (unpaired) electrons. The number of rotatable bonds is 9. The maximum absolute atomic E-state index is 6.44. The van der Waals surface area contributed by atoms with Crippen LogP contribution in [-0.4, -0.2) is 20.4 Å². The number of halogens is 3. The molecule has 0 aliphatic heterocycles. The molecular weight excluding hydrogens is 459 g/mol. The molecule has 3 aromatic rings. The fourth-order valence-electron chi connectivity index (χ4n) is 2.84. The van der Waals surface area contributed by atoms with E-state index in [-0.39, 0.29) is 6.61 Å². The van der Waals surface area contributed by atoms with E-state index in [2.05, 4.69) is 10.5 Å². The molecule has 0 atom stereocenters. The third-order valence-corrected chi connectivity index (χ3v) is 5.27. The van der Waals surface area contributed by atoms with Gasteiger partial charge >= 0.3 is 0 Å². The van der Waals surface area contributed by atoms with E-state index < -0.39 is 0 Å². The van der Waals surface area contributed by atoms with Crippen LogP contribution in [0.3, 0.4) is 0 Å². The zero-order chi connectivity index (χ0) is 22.2. The highest BCUT2D eigenvalue weighted by molar-refractivity contribution is 6.35. The molecule has 0 heterocycles. The molecule has 0 amide bonds. The first kappa shape index (κ1) is 23.1. The van der Waals surface area contributed by atoms with Crippen molar-refractivity contribution in [1.29, 1.82) is 0 Å². The molecule has 0 aliphatic rings. The third-order valence-electron chi connectivity index (χ3n) is 4.41. The van der Waals surface area contributed by atoms with E-state index in [1.807, 2.05) is 24.3 Å². The SMILES string of the molecule is COc1ccccc1CN/N=C/c1cc(Cl)c(OCc2ccc(Cl)cc2Cl)c(OC)c1. The van der Waals surface area contributed by atoms with E-state index in [9.17, 15) is 0 Å². The van der Waals surface area contributed by atoms with Crippen LogP contribution < -0.4 is 19.6 Å². The summed E-state index contributed by atoms with van der Waals surface area (Å²) in [5, 5.41) is 5.74. The van der Waals surface area contributed by atoms with Crippen molar-refractivity contribution in [2.45, 2.75) is 13.2 Å². The molecule has 0 bridgehead atoms. The Morgan fingerprint density at radius 3 is 2.39 bits per heavy atom. The predicted octanol–water partition coefficient (Wildman–Crippen LogP) is 6.37. The normalized spacial score (nSPS) is 10.9. The summed E-state index contributed by atoms with van der Waals surface area (Å²) in [7, 11) is 3.19. The third kappa shape index (κ3) is 6.20. The molecule has 31 heavy (non-hydrogen) atoms. The molecular formula is C23H21Cl3N2O3. The van der Waals surface area contributed by atoms with Crippen molar-refractivity contribution >= 4 is 41.0 Å². The number of hydrogen-bond donors (Lipinski definition) is 1. The second kappa shape index (κ2) is 11.1. The maximum Gasteiger partial charge on any atom is 0.180 e. The van der Waals surface area contributed by atoms with Gasteiger partial charge in [0.15, 0.2) is 11.5 Å². The van der Waals surface area contributed by atoms with Gasteiger partial charge in [-0.2, -0.15) is 5.10 Å². The Labute approximate surface area is 196 Å². The Kier molecular flexibility index (Phi) is 8.29. The average molecular weight is 480 g/mol. The molecule has 5 nitrogen and oxygen atoms in total. The minimum Gasteiger partial charge on any atom is -0.496 e. The lowest BCUT2D eigenvalue weighted by molar-refractivity contribution is 0.285. The van der Waals surface area contributed by atoms with Crippen LogP contribution in [0.15, 0.2) is 59.7 Å². The van der Waals surface area contributed by atoms with Gasteiger partial charge in [-0.25, -0.2) is 0 Å². The zero-order valence-electron chi connectivity index (χ0n) is 17.0. The van der Waals surface area contributed by atoms with Crippen molar-refractivity contribution in [2.75, 3.05) is 14.2 Å². The van der Waals surface area contributed by atoms with Crippen LogP contribution in [0.5, 0.6) is 17.2 Å². The zero-order valence-corrected chi connectivity index (χ0v) is 19.3. The molecule has 3 aromatic carbocycles. The highest BCUT2D eigenvalue weighted by Crippen LogP contribution is 2.37. The van der Waals surface area contributed by atoms with Gasteiger partial charge in [0.05, 0.1) is 32.0 Å². The number of nitrogens with zero attached hydrogens (tertiary/aromatic N) is 1. The Hall–Kier alpha value is -2.60. The number of methoxy groups -OCH3 is 2. The summed E-state index contributed by atoms with van der Waals surface area (Å²) in [4.78, 5) is 0. The van der Waals surface area contributed by atoms with E-state index in [0.717, 1.165) is 22.4 Å². The summed E-state index contributed by atoms with van der Waals surface area (Å²) >= 11 is 18.6. The van der Waals surface area contributed by atoms with Crippen molar-refractivity contribution in [3.05, 3.63) is 86.4 Å². The largest absolute Gasteiger partial charge is 0.496 e. The van der Waals surface area contributed by atoms with Crippen molar-refractivity contribution in [2.24, 2.45) is 5.10 Å². The lowest BCUT2D eigenvalue weighted by Gasteiger charge is -2.14. The summed E-state index contributed by atoms with van der Waals surface area (Å²) in [6.45, 7) is 0.744. The summed E-state index contributed by atoms with van der Waals surface area (Å²) in [5.41, 5.74) is 5.55. The summed E-state index contributed by atoms with van der Waals surface area (Å²) in [5.74, 6) is 1.72. The first-order chi connectivity index (χ1) is 15.0. The highest BCUT2D eigenvalue weighted by Gasteiger charge is 2.13. The molecule has 0 unspecified atom stereocenters. The number of hydrazone groups is 1. The molecule has 0 aromatic heterocycles. The van der Waals surface area contributed by atoms with Crippen molar-refractivity contribution in [3.63, 3.8) is 0 Å². The van der Waals surface area contributed by atoms with Gasteiger partial charge in [0.1, 0.15) is 12.4 Å². The molecule has 0 fully saturated rings. The minimum absolute atomic E-state index is 0.222. The van der Waals surface area contributed by atoms with Crippen LogP contribution >= 0.6 is 34.8 Å². The lowest BCUT2D eigenvalue weighted by atomic mass is 10.2. The second-order valence-electron chi connectivity index (χ2n) is 6.46. The van der Waals surface area contributed by atoms with Crippen molar-refractivity contribution < 1.29 is 14.2 Å². The van der Waals surface area contributed by atoms with Crippen LogP contribution in [0, 0.1) is 0 Å². The van der Waals surface area contributed by atoms with Crippen LogP contribution in [0.1, 0.15) is 16.7 Å². The molecule has 0 saturated carbocycles. The Balaban J connectivity index is 1.67. The Bertz CT molecular complexity index is 1070. The average Bonchev–Trinajstić information content (AvgIpc) is 2.77. The molecule has 1 N–H and O–H groups in total. The topological polar surface area (TPSA) is 52.1 Å². The van der Waals surface area contributed by atoms with Gasteiger partial charge in [-0.1, -0.05) is 59.1 Å². The minimum atomic E-state index is 0.222. The van der Waals surface area contributed by atoms with E-state index in [0.29, 0.717) is 33.1 Å². The van der Waals surface area contributed by atoms with E-state index >= 15 is 0 Å². The van der Waals surface area contributed by atoms with Crippen LogP contribution in [0.25, 0.3) is 0 Å². The first-order valence-corrected chi connectivity index (χ1v) is 10.5. The molecule has 8 heteroatoms. The van der Waals surface area contributed by atoms with Gasteiger partial charge in [-0.05, 0) is 35.9 Å². The summed E-state index contributed by atoms with van der Waals surface area (Å²) in [6.07, 6.45) is 1.66. The molecule has 0 saturated heterocycles. The van der Waals surface area contributed by atoms with E-state index in [1.165, 1.54) is 0 Å². The van der Waals surface area contributed by atoms with Gasteiger partial charge in [-0.15, -0.1) is 0 Å². The predicted molar refractivity (Wildman–Crippen MR) is 126 cm³/mol. The van der Waals surface area contributed by atoms with E-state index in [1.54, 1.807) is 50.8 Å². The standard InChI is InChI=1S/C23H21Cl3N2O3/c1-29-21-6-4-3-5-16(21)13-28-27-12-15-9-20(26)23(22(10-15)30-2)31-14-17-7-8-18(24)11-19(17)25/h3-12,28H,13-14H2,1-2H3/b27-12+. The van der Waals surface area contributed by atoms with Gasteiger partial charge in [0, 0.05) is 21.2 Å². The fraction of sp³-hybridized carbons (Fsp3) is 0.174. The summed E-state index contributed by atoms with van der Waals surface area (Å²) in [6, 6.07) is 16.5. The number of ether oxygens (including phenoxy) is 3. The van der Waals surface area contributed by atoms with Gasteiger partial charge in [0.25, 0.3) is 0 Å². The van der Waals surface area contributed by atoms with Crippen LogP contribution in [0.4, 0.5) is 0 Å². The molecule has 162 valence electrons.